The summed E-state index contributed by atoms with van der Waals surface area (Å²) in [6.45, 7) is 2.62. The highest BCUT2D eigenvalue weighted by Crippen LogP contribution is 2.31. The number of rotatable bonds is 3. The highest BCUT2D eigenvalue weighted by molar-refractivity contribution is 5.42. The molecule has 1 aliphatic heterocycles. The summed E-state index contributed by atoms with van der Waals surface area (Å²) in [7, 11) is 1.87. The summed E-state index contributed by atoms with van der Waals surface area (Å²) in [5, 5.41) is 3.11. The molecule has 1 aliphatic rings. The normalized spacial score (nSPS) is 17.9. The fraction of sp³-hybridized carbons (Fsp3) is 0.500. The van der Waals surface area contributed by atoms with Gasteiger partial charge in [0.2, 0.25) is 0 Å². The third kappa shape index (κ3) is 3.30. The second-order valence-electron chi connectivity index (χ2n) is 4.88. The van der Waals surface area contributed by atoms with Crippen molar-refractivity contribution >= 4 is 5.82 Å². The molecule has 0 aliphatic carbocycles. The van der Waals surface area contributed by atoms with E-state index in [9.17, 15) is 13.2 Å². The van der Waals surface area contributed by atoms with Crippen molar-refractivity contribution in [2.24, 2.45) is 0 Å². The molecule has 110 valence electrons. The molecular weight excluding hydrogens is 267 g/mol. The Morgan fingerprint density at radius 3 is 2.55 bits per heavy atom. The molecule has 1 atom stereocenters. The average molecular weight is 285 g/mol. The lowest BCUT2D eigenvalue weighted by molar-refractivity contribution is -0.0944. The maximum absolute atomic E-state index is 12.5. The predicted octanol–water partition coefficient (Wildman–Crippen LogP) is 3.06. The van der Waals surface area contributed by atoms with Gasteiger partial charge < -0.3 is 10.2 Å². The molecule has 1 N–H and O–H groups in total. The van der Waals surface area contributed by atoms with Crippen LogP contribution in [-0.2, 0) is 0 Å². The monoisotopic (exact) mass is 285 g/mol. The fourth-order valence-electron chi connectivity index (χ4n) is 2.14. The van der Waals surface area contributed by atoms with E-state index in [0.717, 1.165) is 11.4 Å². The lowest BCUT2D eigenvalue weighted by Crippen LogP contribution is -2.32. The third-order valence-corrected chi connectivity index (χ3v) is 3.60. The van der Waals surface area contributed by atoms with Crippen LogP contribution in [0.4, 0.5) is 19.0 Å². The maximum atomic E-state index is 12.5. The third-order valence-electron chi connectivity index (χ3n) is 3.60. The molecule has 0 saturated heterocycles. The number of halogens is 3. The Morgan fingerprint density at radius 1 is 1.35 bits per heavy atom. The first-order chi connectivity index (χ1) is 9.41. The van der Waals surface area contributed by atoms with Gasteiger partial charge >= 0.3 is 6.18 Å². The first-order valence-corrected chi connectivity index (χ1v) is 6.56. The number of nitrogens with zero attached hydrogens (tertiary/aromatic N) is 2. The van der Waals surface area contributed by atoms with Gasteiger partial charge in [-0.2, -0.15) is 13.2 Å². The zero-order valence-electron chi connectivity index (χ0n) is 11.5. The number of pyridine rings is 1. The van der Waals surface area contributed by atoms with Gasteiger partial charge in [0, 0.05) is 30.9 Å². The van der Waals surface area contributed by atoms with Crippen molar-refractivity contribution in [1.29, 1.82) is 0 Å². The Morgan fingerprint density at radius 2 is 2.10 bits per heavy atom. The Labute approximate surface area is 116 Å². The van der Waals surface area contributed by atoms with Crippen molar-refractivity contribution in [3.63, 3.8) is 0 Å². The van der Waals surface area contributed by atoms with Gasteiger partial charge in [-0.3, -0.25) is 0 Å². The molecule has 0 radical (unpaired) electrons. The molecule has 0 fully saturated rings. The van der Waals surface area contributed by atoms with E-state index in [0.29, 0.717) is 6.54 Å². The van der Waals surface area contributed by atoms with Crippen molar-refractivity contribution in [3.8, 4) is 0 Å². The molecule has 20 heavy (non-hydrogen) atoms. The van der Waals surface area contributed by atoms with E-state index in [1.807, 2.05) is 31.0 Å². The molecule has 0 aromatic carbocycles. The van der Waals surface area contributed by atoms with Gasteiger partial charge in [-0.15, -0.1) is 0 Å². The number of anilines is 1. The molecule has 0 spiro atoms. The summed E-state index contributed by atoms with van der Waals surface area (Å²) in [6, 6.07) is 4.01. The van der Waals surface area contributed by atoms with Crippen LogP contribution in [0.2, 0.25) is 0 Å². The second kappa shape index (κ2) is 5.83. The average Bonchev–Trinajstić information content (AvgIpc) is 2.46. The Bertz CT molecular complexity index is 479. The van der Waals surface area contributed by atoms with Crippen molar-refractivity contribution in [3.05, 3.63) is 35.5 Å². The van der Waals surface area contributed by atoms with Gasteiger partial charge in [0.25, 0.3) is 0 Å². The first kappa shape index (κ1) is 14.8. The zero-order chi connectivity index (χ0) is 14.8. The van der Waals surface area contributed by atoms with E-state index in [1.165, 1.54) is 6.08 Å². The van der Waals surface area contributed by atoms with Crippen molar-refractivity contribution in [2.45, 2.75) is 25.6 Å². The number of hydrogen-bond donors (Lipinski definition) is 1. The number of alkyl halides is 3. The van der Waals surface area contributed by atoms with Gasteiger partial charge in [-0.25, -0.2) is 4.98 Å². The van der Waals surface area contributed by atoms with Crippen molar-refractivity contribution < 1.29 is 13.2 Å². The lowest BCUT2D eigenvalue weighted by Gasteiger charge is -2.28. The Hall–Kier alpha value is -1.56. The fourth-order valence-corrected chi connectivity index (χ4v) is 2.14. The number of nitrogens with one attached hydrogen (secondary N) is 1. The maximum Gasteiger partial charge on any atom is 0.412 e. The van der Waals surface area contributed by atoms with Crippen LogP contribution in [-0.4, -0.2) is 31.3 Å². The number of aromatic nitrogens is 1. The smallest absolute Gasteiger partial charge is 0.353 e. The van der Waals surface area contributed by atoms with Crippen LogP contribution < -0.4 is 10.2 Å². The SMILES string of the molecule is CNC(C)c1ccc(N2CC=C(C(F)(F)F)CC2)nc1. The van der Waals surface area contributed by atoms with Crippen LogP contribution in [0.3, 0.4) is 0 Å². The molecule has 1 aromatic heterocycles. The van der Waals surface area contributed by atoms with Crippen LogP contribution >= 0.6 is 0 Å². The first-order valence-electron chi connectivity index (χ1n) is 6.56. The molecule has 3 nitrogen and oxygen atoms in total. The molecule has 1 unspecified atom stereocenters. The summed E-state index contributed by atoms with van der Waals surface area (Å²) in [5.74, 6) is 0.717. The van der Waals surface area contributed by atoms with Gasteiger partial charge in [0.05, 0.1) is 0 Å². The molecule has 0 amide bonds. The van der Waals surface area contributed by atoms with E-state index in [4.69, 9.17) is 0 Å². The highest BCUT2D eigenvalue weighted by atomic mass is 19.4. The second-order valence-corrected chi connectivity index (χ2v) is 4.88. The van der Waals surface area contributed by atoms with Crippen LogP contribution in [0.5, 0.6) is 0 Å². The lowest BCUT2D eigenvalue weighted by atomic mass is 10.1. The summed E-state index contributed by atoms with van der Waals surface area (Å²) >= 11 is 0. The van der Waals surface area contributed by atoms with Crippen LogP contribution in [0.25, 0.3) is 0 Å². The van der Waals surface area contributed by atoms with Crippen molar-refractivity contribution in [2.75, 3.05) is 25.0 Å². The quantitative estimate of drug-likeness (QED) is 0.865. The number of hydrogen-bond acceptors (Lipinski definition) is 3. The van der Waals surface area contributed by atoms with Crippen LogP contribution in [0, 0.1) is 0 Å². The molecule has 1 aromatic rings. The van der Waals surface area contributed by atoms with E-state index in [-0.39, 0.29) is 19.0 Å². The summed E-state index contributed by atoms with van der Waals surface area (Å²) in [4.78, 5) is 6.18. The van der Waals surface area contributed by atoms with Crippen LogP contribution in [0.15, 0.2) is 30.0 Å². The van der Waals surface area contributed by atoms with Crippen molar-refractivity contribution in [1.82, 2.24) is 10.3 Å². The van der Waals surface area contributed by atoms with E-state index >= 15 is 0 Å². The molecule has 2 heterocycles. The van der Waals surface area contributed by atoms with Gasteiger partial charge in [0.15, 0.2) is 0 Å². The minimum atomic E-state index is -4.20. The predicted molar refractivity (Wildman–Crippen MR) is 72.7 cm³/mol. The Balaban J connectivity index is 2.06. The minimum absolute atomic E-state index is 0.0137. The van der Waals surface area contributed by atoms with Gasteiger partial charge in [-0.05, 0) is 32.0 Å². The van der Waals surface area contributed by atoms with Gasteiger partial charge in [-0.1, -0.05) is 12.1 Å². The van der Waals surface area contributed by atoms with E-state index in [1.54, 1.807) is 6.20 Å². The van der Waals surface area contributed by atoms with Crippen LogP contribution in [0.1, 0.15) is 24.9 Å². The largest absolute Gasteiger partial charge is 0.412 e. The molecular formula is C14H18F3N3. The molecule has 0 saturated carbocycles. The topological polar surface area (TPSA) is 28.2 Å². The zero-order valence-corrected chi connectivity index (χ0v) is 11.5. The van der Waals surface area contributed by atoms with E-state index in [2.05, 4.69) is 10.3 Å². The molecule has 0 bridgehead atoms. The Kier molecular flexibility index (Phi) is 4.32. The summed E-state index contributed by atoms with van der Waals surface area (Å²) in [5.41, 5.74) is 0.619. The van der Waals surface area contributed by atoms with Gasteiger partial charge in [0.1, 0.15) is 5.82 Å². The molecule has 2 rings (SSSR count). The summed E-state index contributed by atoms with van der Waals surface area (Å²) in [6.07, 6.45) is -1.18. The van der Waals surface area contributed by atoms with E-state index < -0.39 is 11.7 Å². The highest BCUT2D eigenvalue weighted by Gasteiger charge is 2.34. The standard InChI is InChI=1S/C14H18F3N3/c1-10(18-2)11-3-4-13(19-9-11)20-7-5-12(6-8-20)14(15,16)17/h3-5,9-10,18H,6-8H2,1-2H3. The minimum Gasteiger partial charge on any atom is -0.353 e. The summed E-state index contributed by atoms with van der Waals surface area (Å²) < 4.78 is 37.6. The molecule has 6 heteroatoms.